The molecule has 3 nitrogen and oxygen atoms in total. The molecule has 1 aromatic carbocycles. The average Bonchev–Trinajstić information content (AvgIpc) is 2.84. The standard InChI is InChI=1S/C15H12ClFN2O/c1-2-4-14-18-11(8-13(16)19-14)12-7-9-5-3-6-10(17)15(9)20-12/h3,5-8H,2,4H2,1H3. The van der Waals surface area contributed by atoms with Gasteiger partial charge >= 0.3 is 0 Å². The molecule has 0 atom stereocenters. The van der Waals surface area contributed by atoms with Gasteiger partial charge in [0, 0.05) is 17.9 Å². The second kappa shape index (κ2) is 5.21. The molecule has 5 heteroatoms. The van der Waals surface area contributed by atoms with Gasteiger partial charge in [0.25, 0.3) is 0 Å². The topological polar surface area (TPSA) is 38.9 Å². The van der Waals surface area contributed by atoms with Crippen molar-refractivity contribution in [3.8, 4) is 11.5 Å². The van der Waals surface area contributed by atoms with Gasteiger partial charge in [-0.2, -0.15) is 0 Å². The van der Waals surface area contributed by atoms with Gasteiger partial charge in [-0.3, -0.25) is 0 Å². The molecule has 0 radical (unpaired) electrons. The first-order valence-electron chi connectivity index (χ1n) is 6.39. The number of aryl methyl sites for hydroxylation is 1. The number of aromatic nitrogens is 2. The third-order valence-corrected chi connectivity index (χ3v) is 3.16. The SMILES string of the molecule is CCCc1nc(Cl)cc(-c2cc3cccc(F)c3o2)n1. The number of hydrogen-bond donors (Lipinski definition) is 0. The Kier molecular flexibility index (Phi) is 3.40. The van der Waals surface area contributed by atoms with Gasteiger partial charge in [0.2, 0.25) is 0 Å². The van der Waals surface area contributed by atoms with Gasteiger partial charge in [0.05, 0.1) is 0 Å². The lowest BCUT2D eigenvalue weighted by Gasteiger charge is -2.01. The van der Waals surface area contributed by atoms with Crippen LogP contribution in [0, 0.1) is 5.82 Å². The van der Waals surface area contributed by atoms with Crippen LogP contribution in [0.25, 0.3) is 22.4 Å². The number of nitrogens with zero attached hydrogens (tertiary/aromatic N) is 2. The Morgan fingerprint density at radius 2 is 2.10 bits per heavy atom. The molecule has 3 aromatic rings. The second-order valence-electron chi connectivity index (χ2n) is 4.51. The lowest BCUT2D eigenvalue weighted by molar-refractivity contribution is 0.567. The molecule has 2 heterocycles. The fraction of sp³-hybridized carbons (Fsp3) is 0.200. The number of hydrogen-bond acceptors (Lipinski definition) is 3. The molecule has 0 fully saturated rings. The zero-order valence-electron chi connectivity index (χ0n) is 10.9. The number of benzene rings is 1. The van der Waals surface area contributed by atoms with E-state index in [0.717, 1.165) is 12.8 Å². The van der Waals surface area contributed by atoms with Crippen molar-refractivity contribution in [2.45, 2.75) is 19.8 Å². The number of furan rings is 1. The van der Waals surface area contributed by atoms with Crippen molar-refractivity contribution in [3.63, 3.8) is 0 Å². The average molecular weight is 291 g/mol. The Bertz CT molecular complexity index is 770. The molecule has 0 bridgehead atoms. The molecular weight excluding hydrogens is 279 g/mol. The minimum atomic E-state index is -0.386. The van der Waals surface area contributed by atoms with Crippen LogP contribution < -0.4 is 0 Å². The second-order valence-corrected chi connectivity index (χ2v) is 4.90. The van der Waals surface area contributed by atoms with Crippen LogP contribution in [0.4, 0.5) is 4.39 Å². The quantitative estimate of drug-likeness (QED) is 0.660. The van der Waals surface area contributed by atoms with Crippen LogP contribution in [0.3, 0.4) is 0 Å². The molecule has 0 saturated heterocycles. The van der Waals surface area contributed by atoms with E-state index in [2.05, 4.69) is 9.97 Å². The van der Waals surface area contributed by atoms with Crippen LogP contribution in [0.2, 0.25) is 5.15 Å². The van der Waals surface area contributed by atoms with Crippen LogP contribution in [0.1, 0.15) is 19.2 Å². The first kappa shape index (κ1) is 13.1. The molecule has 0 unspecified atom stereocenters. The van der Waals surface area contributed by atoms with Gasteiger partial charge in [0.15, 0.2) is 17.2 Å². The minimum absolute atomic E-state index is 0.231. The maximum atomic E-state index is 13.6. The highest BCUT2D eigenvalue weighted by molar-refractivity contribution is 6.29. The summed E-state index contributed by atoms with van der Waals surface area (Å²) in [5, 5.41) is 1.06. The lowest BCUT2D eigenvalue weighted by Crippen LogP contribution is -1.96. The van der Waals surface area contributed by atoms with Gasteiger partial charge in [0.1, 0.15) is 16.7 Å². The molecule has 0 aliphatic rings. The zero-order chi connectivity index (χ0) is 14.1. The normalized spacial score (nSPS) is 11.2. The monoisotopic (exact) mass is 290 g/mol. The molecule has 0 saturated carbocycles. The van der Waals surface area contributed by atoms with E-state index in [1.807, 2.05) is 6.92 Å². The Balaban J connectivity index is 2.12. The Hall–Kier alpha value is -1.94. The Labute approximate surface area is 120 Å². The molecule has 0 aliphatic heterocycles. The summed E-state index contributed by atoms with van der Waals surface area (Å²) in [4.78, 5) is 8.57. The van der Waals surface area contributed by atoms with Crippen LogP contribution in [-0.2, 0) is 6.42 Å². The fourth-order valence-electron chi connectivity index (χ4n) is 2.08. The van der Waals surface area contributed by atoms with Crippen molar-refractivity contribution in [3.05, 3.63) is 47.1 Å². The van der Waals surface area contributed by atoms with Crippen LogP contribution in [0.15, 0.2) is 34.7 Å². The molecule has 102 valence electrons. The molecule has 0 N–H and O–H groups in total. The van der Waals surface area contributed by atoms with E-state index >= 15 is 0 Å². The maximum absolute atomic E-state index is 13.6. The first-order valence-corrected chi connectivity index (χ1v) is 6.77. The lowest BCUT2D eigenvalue weighted by atomic mass is 10.2. The minimum Gasteiger partial charge on any atom is -0.451 e. The third kappa shape index (κ3) is 2.39. The number of rotatable bonds is 3. The predicted molar refractivity (Wildman–Crippen MR) is 76.2 cm³/mol. The number of para-hydroxylation sites is 1. The van der Waals surface area contributed by atoms with Crippen molar-refractivity contribution in [1.82, 2.24) is 9.97 Å². The number of halogens is 2. The van der Waals surface area contributed by atoms with Gasteiger partial charge < -0.3 is 4.42 Å². The highest BCUT2D eigenvalue weighted by Gasteiger charge is 2.12. The molecule has 20 heavy (non-hydrogen) atoms. The first-order chi connectivity index (χ1) is 9.67. The van der Waals surface area contributed by atoms with Gasteiger partial charge in [-0.05, 0) is 18.6 Å². The smallest absolute Gasteiger partial charge is 0.170 e. The van der Waals surface area contributed by atoms with E-state index < -0.39 is 0 Å². The summed E-state index contributed by atoms with van der Waals surface area (Å²) in [6.45, 7) is 2.04. The van der Waals surface area contributed by atoms with Crippen LogP contribution in [-0.4, -0.2) is 9.97 Å². The fourth-order valence-corrected chi connectivity index (χ4v) is 2.28. The Morgan fingerprint density at radius 3 is 2.85 bits per heavy atom. The number of fused-ring (bicyclic) bond motifs is 1. The molecule has 0 spiro atoms. The molecule has 3 rings (SSSR count). The summed E-state index contributed by atoms with van der Waals surface area (Å²) in [5.74, 6) is 0.769. The van der Waals surface area contributed by atoms with E-state index in [4.69, 9.17) is 16.0 Å². The summed E-state index contributed by atoms with van der Waals surface area (Å²) >= 11 is 6.00. The van der Waals surface area contributed by atoms with Crippen LogP contribution in [0.5, 0.6) is 0 Å². The third-order valence-electron chi connectivity index (χ3n) is 2.96. The highest BCUT2D eigenvalue weighted by atomic mass is 35.5. The largest absolute Gasteiger partial charge is 0.451 e. The predicted octanol–water partition coefficient (Wildman–Crippen LogP) is 4.63. The summed E-state index contributed by atoms with van der Waals surface area (Å²) in [6, 6.07) is 8.18. The van der Waals surface area contributed by atoms with Crippen molar-refractivity contribution < 1.29 is 8.81 Å². The molecule has 2 aromatic heterocycles. The van der Waals surface area contributed by atoms with Crippen molar-refractivity contribution in [2.75, 3.05) is 0 Å². The van der Waals surface area contributed by atoms with E-state index in [1.54, 1.807) is 24.3 Å². The molecule has 0 aliphatic carbocycles. The highest BCUT2D eigenvalue weighted by Crippen LogP contribution is 2.29. The van der Waals surface area contributed by atoms with E-state index in [1.165, 1.54) is 6.07 Å². The van der Waals surface area contributed by atoms with Gasteiger partial charge in [-0.15, -0.1) is 0 Å². The molecular formula is C15H12ClFN2O. The van der Waals surface area contributed by atoms with Crippen molar-refractivity contribution in [1.29, 1.82) is 0 Å². The van der Waals surface area contributed by atoms with E-state index in [0.29, 0.717) is 27.8 Å². The summed E-state index contributed by atoms with van der Waals surface area (Å²) in [7, 11) is 0. The molecule has 0 amide bonds. The van der Waals surface area contributed by atoms with Gasteiger partial charge in [-0.1, -0.05) is 30.7 Å². The summed E-state index contributed by atoms with van der Waals surface area (Å²) in [5.41, 5.74) is 0.804. The van der Waals surface area contributed by atoms with Gasteiger partial charge in [-0.25, -0.2) is 14.4 Å². The van der Waals surface area contributed by atoms with Crippen molar-refractivity contribution >= 4 is 22.6 Å². The maximum Gasteiger partial charge on any atom is 0.170 e. The summed E-state index contributed by atoms with van der Waals surface area (Å²) < 4.78 is 19.2. The van der Waals surface area contributed by atoms with E-state index in [9.17, 15) is 4.39 Å². The summed E-state index contributed by atoms with van der Waals surface area (Å²) in [6.07, 6.45) is 1.66. The zero-order valence-corrected chi connectivity index (χ0v) is 11.6. The van der Waals surface area contributed by atoms with Crippen molar-refractivity contribution in [2.24, 2.45) is 0 Å². The van der Waals surface area contributed by atoms with E-state index in [-0.39, 0.29) is 11.4 Å². The Morgan fingerprint density at radius 1 is 1.25 bits per heavy atom. The van der Waals surface area contributed by atoms with Crippen LogP contribution >= 0.6 is 11.6 Å².